The molecule has 3 atom stereocenters. The summed E-state index contributed by atoms with van der Waals surface area (Å²) in [4.78, 5) is 10.2. The number of halogens is 1. The van der Waals surface area contributed by atoms with Gasteiger partial charge in [0.15, 0.2) is 6.10 Å². The van der Waals surface area contributed by atoms with E-state index < -0.39 is 23.2 Å². The average molecular weight is 303 g/mol. The van der Waals surface area contributed by atoms with Crippen LogP contribution in [0.3, 0.4) is 0 Å². The van der Waals surface area contributed by atoms with Crippen LogP contribution in [0.5, 0.6) is 5.75 Å². The molecule has 1 N–H and O–H groups in total. The van der Waals surface area contributed by atoms with E-state index in [2.05, 4.69) is 22.9 Å². The minimum Gasteiger partial charge on any atom is -0.483 e. The number of hydrogen-bond acceptors (Lipinski definition) is 4. The maximum atomic E-state index is 10.7. The molecule has 3 unspecified atom stereocenters. The van der Waals surface area contributed by atoms with Crippen molar-refractivity contribution in [2.75, 3.05) is 0 Å². The lowest BCUT2D eigenvalue weighted by Gasteiger charge is -2.20. The van der Waals surface area contributed by atoms with Crippen molar-refractivity contribution in [3.8, 4) is 5.75 Å². The number of aliphatic hydroxyl groups excluding tert-OH is 1. The summed E-state index contributed by atoms with van der Waals surface area (Å²) in [5.41, 5.74) is 0. The molecule has 93 valence electrons. The van der Waals surface area contributed by atoms with Crippen molar-refractivity contribution in [1.29, 1.82) is 0 Å². The Morgan fingerprint density at radius 3 is 2.41 bits per heavy atom. The number of aliphatic hydroxyl groups is 1. The van der Waals surface area contributed by atoms with E-state index in [-0.39, 0.29) is 0 Å². The normalized spacial score (nSPS) is 16.0. The smallest absolute Gasteiger partial charge is 0.274 e. The van der Waals surface area contributed by atoms with Crippen LogP contribution >= 0.6 is 15.9 Å². The highest BCUT2D eigenvalue weighted by Crippen LogP contribution is 2.19. The molecule has 1 rings (SSSR count). The Labute approximate surface area is 108 Å². The summed E-state index contributed by atoms with van der Waals surface area (Å²) in [5, 5.41) is 20.0. The molecule has 0 saturated heterocycles. The zero-order chi connectivity index (χ0) is 13.0. The number of nitro groups is 1. The van der Waals surface area contributed by atoms with Gasteiger partial charge < -0.3 is 9.84 Å². The fourth-order valence-corrected chi connectivity index (χ4v) is 1.69. The van der Waals surface area contributed by atoms with Crippen LogP contribution < -0.4 is 4.74 Å². The van der Waals surface area contributed by atoms with Gasteiger partial charge in [0.25, 0.3) is 6.04 Å². The summed E-state index contributed by atoms with van der Waals surface area (Å²) < 4.78 is 6.28. The van der Waals surface area contributed by atoms with Gasteiger partial charge in [0.05, 0.1) is 0 Å². The first kappa shape index (κ1) is 13.9. The maximum Gasteiger partial charge on any atom is 0.274 e. The van der Waals surface area contributed by atoms with Gasteiger partial charge in [0, 0.05) is 9.40 Å². The van der Waals surface area contributed by atoms with E-state index in [1.54, 1.807) is 24.3 Å². The first-order valence-electron chi connectivity index (χ1n) is 4.98. The van der Waals surface area contributed by atoms with Gasteiger partial charge in [-0.05, 0) is 38.1 Å². The van der Waals surface area contributed by atoms with E-state index in [0.29, 0.717) is 5.75 Å². The van der Waals surface area contributed by atoms with Gasteiger partial charge in [-0.15, -0.1) is 0 Å². The average Bonchev–Trinajstić information content (AvgIpc) is 2.20. The van der Waals surface area contributed by atoms with Crippen LogP contribution in [0.1, 0.15) is 6.92 Å². The highest BCUT2D eigenvalue weighted by Gasteiger charge is 2.34. The Morgan fingerprint density at radius 2 is 2.00 bits per heavy atom. The van der Waals surface area contributed by atoms with Crippen molar-refractivity contribution >= 4 is 15.9 Å². The molecule has 0 saturated carbocycles. The largest absolute Gasteiger partial charge is 0.483 e. The number of benzene rings is 1. The monoisotopic (exact) mass is 302 g/mol. The van der Waals surface area contributed by atoms with E-state index in [0.717, 1.165) is 4.47 Å². The van der Waals surface area contributed by atoms with Crippen LogP contribution in [0.15, 0.2) is 28.7 Å². The fourth-order valence-electron chi connectivity index (χ4n) is 1.42. The van der Waals surface area contributed by atoms with Gasteiger partial charge in [-0.2, -0.15) is 0 Å². The van der Waals surface area contributed by atoms with Gasteiger partial charge in [-0.25, -0.2) is 0 Å². The predicted octanol–water partition coefficient (Wildman–Crippen LogP) is 2.06. The van der Waals surface area contributed by atoms with Crippen LogP contribution in [-0.2, 0) is 0 Å². The van der Waals surface area contributed by atoms with Crippen molar-refractivity contribution in [2.24, 2.45) is 0 Å². The summed E-state index contributed by atoms with van der Waals surface area (Å²) >= 11 is 3.27. The zero-order valence-corrected chi connectivity index (χ0v) is 10.8. The Hall–Kier alpha value is -1.14. The van der Waals surface area contributed by atoms with Crippen molar-refractivity contribution in [1.82, 2.24) is 0 Å². The molecule has 0 amide bonds. The third-order valence-corrected chi connectivity index (χ3v) is 2.78. The molecule has 0 aliphatic rings. The molecule has 0 aliphatic heterocycles. The van der Waals surface area contributed by atoms with E-state index in [9.17, 15) is 15.2 Å². The van der Waals surface area contributed by atoms with Crippen LogP contribution in [-0.4, -0.2) is 28.3 Å². The third-order valence-electron chi connectivity index (χ3n) is 2.25. The van der Waals surface area contributed by atoms with Crippen LogP contribution in [0.2, 0.25) is 0 Å². The molecule has 0 fully saturated rings. The number of nitrogens with zero attached hydrogens (tertiary/aromatic N) is 1. The highest BCUT2D eigenvalue weighted by molar-refractivity contribution is 9.10. The SMILES string of the molecule is [CH2]C(O)C(C(C)Oc1ccc(Br)cc1)[N+](=O)[O-]. The summed E-state index contributed by atoms with van der Waals surface area (Å²) in [5.74, 6) is 0.508. The van der Waals surface area contributed by atoms with Gasteiger partial charge in [0.2, 0.25) is 0 Å². The molecule has 1 aromatic rings. The topological polar surface area (TPSA) is 72.6 Å². The van der Waals surface area contributed by atoms with Gasteiger partial charge >= 0.3 is 0 Å². The van der Waals surface area contributed by atoms with E-state index in [1.165, 1.54) is 6.92 Å². The molecule has 0 spiro atoms. The molecular weight excluding hydrogens is 290 g/mol. The lowest BCUT2D eigenvalue weighted by Crippen LogP contribution is -2.43. The molecule has 5 nitrogen and oxygen atoms in total. The third kappa shape index (κ3) is 3.98. The van der Waals surface area contributed by atoms with Crippen molar-refractivity contribution < 1.29 is 14.8 Å². The van der Waals surface area contributed by atoms with Crippen molar-refractivity contribution in [3.63, 3.8) is 0 Å². The number of ether oxygens (including phenoxy) is 1. The van der Waals surface area contributed by atoms with E-state index in [1.807, 2.05) is 0 Å². The molecule has 1 aromatic carbocycles. The summed E-state index contributed by atoms with van der Waals surface area (Å²) in [6, 6.07) is 5.66. The molecule has 17 heavy (non-hydrogen) atoms. The molecule has 0 aromatic heterocycles. The summed E-state index contributed by atoms with van der Waals surface area (Å²) in [7, 11) is 0. The maximum absolute atomic E-state index is 10.7. The Balaban J connectivity index is 2.73. The Morgan fingerprint density at radius 1 is 1.47 bits per heavy atom. The molecule has 1 radical (unpaired) electrons. The second kappa shape index (κ2) is 5.97. The lowest BCUT2D eigenvalue weighted by molar-refractivity contribution is -0.541. The van der Waals surface area contributed by atoms with Crippen LogP contribution in [0.25, 0.3) is 0 Å². The molecule has 6 heteroatoms. The quantitative estimate of drug-likeness (QED) is 0.667. The van der Waals surface area contributed by atoms with Crippen molar-refractivity contribution in [2.45, 2.75) is 25.2 Å². The number of hydrogen-bond donors (Lipinski definition) is 1. The zero-order valence-electron chi connectivity index (χ0n) is 9.25. The predicted molar refractivity (Wildman–Crippen MR) is 66.4 cm³/mol. The second-order valence-corrected chi connectivity index (χ2v) is 4.54. The van der Waals surface area contributed by atoms with E-state index >= 15 is 0 Å². The minimum atomic E-state index is -1.31. The highest BCUT2D eigenvalue weighted by atomic mass is 79.9. The number of rotatable bonds is 5. The first-order valence-corrected chi connectivity index (χ1v) is 5.78. The fraction of sp³-hybridized carbons (Fsp3) is 0.364. The van der Waals surface area contributed by atoms with Crippen LogP contribution in [0.4, 0.5) is 0 Å². The molecule has 0 heterocycles. The Kier molecular flexibility index (Phi) is 4.89. The van der Waals surface area contributed by atoms with E-state index in [4.69, 9.17) is 4.74 Å². The first-order chi connectivity index (χ1) is 7.91. The molecule has 0 bridgehead atoms. The molecule has 0 aliphatic carbocycles. The lowest BCUT2D eigenvalue weighted by atomic mass is 10.1. The minimum absolute atomic E-state index is 0.508. The van der Waals surface area contributed by atoms with Gasteiger partial charge in [0.1, 0.15) is 11.9 Å². The summed E-state index contributed by atoms with van der Waals surface area (Å²) in [6.07, 6.45) is -2.07. The van der Waals surface area contributed by atoms with Crippen molar-refractivity contribution in [3.05, 3.63) is 45.8 Å². The summed E-state index contributed by atoms with van der Waals surface area (Å²) in [6.45, 7) is 4.79. The Bertz CT molecular complexity index is 380. The molecular formula is C11H13BrNO4. The van der Waals surface area contributed by atoms with Gasteiger partial charge in [-0.3, -0.25) is 10.1 Å². The second-order valence-electron chi connectivity index (χ2n) is 3.62. The van der Waals surface area contributed by atoms with Crippen LogP contribution in [0, 0.1) is 17.0 Å². The standard InChI is InChI=1S/C11H13BrNO4/c1-7(14)11(13(15)16)8(2)17-10-5-3-9(12)4-6-10/h3-8,11,14H,1H2,2H3. The van der Waals surface area contributed by atoms with Gasteiger partial charge in [-0.1, -0.05) is 15.9 Å².